The number of esters is 1. The standard InChI is InChI=1S/C15H15ClF2O3/c1-14(2,3)21-13(20)15(12(17)18)7-9-8(11(15)19)5-4-6-10(9)16/h4-6,12H,7H2,1-3H3. The molecule has 1 aliphatic rings. The van der Waals surface area contributed by atoms with Crippen molar-refractivity contribution in [1.29, 1.82) is 0 Å². The molecule has 0 aliphatic heterocycles. The van der Waals surface area contributed by atoms with Gasteiger partial charge in [-0.25, -0.2) is 8.78 Å². The molecule has 1 aliphatic carbocycles. The predicted octanol–water partition coefficient (Wildman–Crippen LogP) is 3.67. The zero-order valence-corrected chi connectivity index (χ0v) is 12.6. The molecule has 21 heavy (non-hydrogen) atoms. The van der Waals surface area contributed by atoms with Gasteiger partial charge in [-0.3, -0.25) is 9.59 Å². The second-order valence-electron chi connectivity index (χ2n) is 6.05. The van der Waals surface area contributed by atoms with Crippen LogP contribution in [0.2, 0.25) is 5.02 Å². The number of hydrogen-bond acceptors (Lipinski definition) is 3. The summed E-state index contributed by atoms with van der Waals surface area (Å²) in [5.74, 6) is -2.13. The summed E-state index contributed by atoms with van der Waals surface area (Å²) < 4.78 is 32.3. The third-order valence-electron chi connectivity index (χ3n) is 3.36. The van der Waals surface area contributed by atoms with Gasteiger partial charge < -0.3 is 4.74 Å². The quantitative estimate of drug-likeness (QED) is 0.617. The third kappa shape index (κ3) is 2.55. The molecule has 1 atom stereocenters. The van der Waals surface area contributed by atoms with Crippen molar-refractivity contribution in [3.8, 4) is 0 Å². The molecule has 3 nitrogen and oxygen atoms in total. The summed E-state index contributed by atoms with van der Waals surface area (Å²) in [6, 6.07) is 4.40. The maximum atomic E-state index is 13.6. The minimum Gasteiger partial charge on any atom is -0.459 e. The van der Waals surface area contributed by atoms with Crippen molar-refractivity contribution in [2.45, 2.75) is 39.2 Å². The first-order valence-electron chi connectivity index (χ1n) is 6.43. The van der Waals surface area contributed by atoms with E-state index in [2.05, 4.69) is 0 Å². The van der Waals surface area contributed by atoms with E-state index in [1.165, 1.54) is 18.2 Å². The Morgan fingerprint density at radius 1 is 1.38 bits per heavy atom. The Kier molecular flexibility index (Phi) is 3.82. The Hall–Kier alpha value is -1.49. The molecule has 0 saturated heterocycles. The van der Waals surface area contributed by atoms with E-state index in [0.29, 0.717) is 0 Å². The van der Waals surface area contributed by atoms with Gasteiger partial charge in [-0.05, 0) is 32.4 Å². The first kappa shape index (κ1) is 15.9. The lowest BCUT2D eigenvalue weighted by Gasteiger charge is -2.29. The highest BCUT2D eigenvalue weighted by Gasteiger charge is 2.60. The van der Waals surface area contributed by atoms with E-state index in [-0.39, 0.29) is 16.1 Å². The average molecular weight is 317 g/mol. The second kappa shape index (κ2) is 5.05. The van der Waals surface area contributed by atoms with Gasteiger partial charge in [0.2, 0.25) is 0 Å². The van der Waals surface area contributed by atoms with Crippen molar-refractivity contribution in [1.82, 2.24) is 0 Å². The van der Waals surface area contributed by atoms with Crippen molar-refractivity contribution >= 4 is 23.4 Å². The van der Waals surface area contributed by atoms with E-state index >= 15 is 0 Å². The summed E-state index contributed by atoms with van der Waals surface area (Å²) in [5.41, 5.74) is -3.12. The average Bonchev–Trinajstić information content (AvgIpc) is 2.64. The summed E-state index contributed by atoms with van der Waals surface area (Å²) in [5, 5.41) is 0.201. The predicted molar refractivity (Wildman–Crippen MR) is 73.8 cm³/mol. The van der Waals surface area contributed by atoms with Crippen LogP contribution in [0.15, 0.2) is 18.2 Å². The van der Waals surface area contributed by atoms with Crippen molar-refractivity contribution in [3.63, 3.8) is 0 Å². The number of benzene rings is 1. The highest BCUT2D eigenvalue weighted by atomic mass is 35.5. The molecule has 0 bridgehead atoms. The van der Waals surface area contributed by atoms with Gasteiger partial charge >= 0.3 is 5.97 Å². The van der Waals surface area contributed by atoms with E-state index in [4.69, 9.17) is 16.3 Å². The first-order valence-corrected chi connectivity index (χ1v) is 6.81. The molecular weight excluding hydrogens is 302 g/mol. The normalized spacial score (nSPS) is 21.6. The van der Waals surface area contributed by atoms with Gasteiger partial charge in [0.05, 0.1) is 0 Å². The smallest absolute Gasteiger partial charge is 0.326 e. The lowest BCUT2D eigenvalue weighted by molar-refractivity contribution is -0.171. The van der Waals surface area contributed by atoms with Crippen LogP contribution in [0, 0.1) is 5.41 Å². The fourth-order valence-electron chi connectivity index (χ4n) is 2.35. The largest absolute Gasteiger partial charge is 0.459 e. The minimum atomic E-state index is -3.16. The van der Waals surface area contributed by atoms with Crippen LogP contribution in [0.1, 0.15) is 36.7 Å². The van der Waals surface area contributed by atoms with Gasteiger partial charge in [0.25, 0.3) is 6.43 Å². The molecule has 0 fully saturated rings. The van der Waals surface area contributed by atoms with Crippen LogP contribution < -0.4 is 0 Å². The molecule has 0 amide bonds. The molecule has 0 aromatic heterocycles. The highest BCUT2D eigenvalue weighted by molar-refractivity contribution is 6.33. The van der Waals surface area contributed by atoms with Crippen LogP contribution in [0.4, 0.5) is 8.78 Å². The number of ketones is 1. The lowest BCUT2D eigenvalue weighted by Crippen LogP contribution is -2.47. The maximum absolute atomic E-state index is 13.6. The van der Waals surface area contributed by atoms with Crippen molar-refractivity contribution in [2.75, 3.05) is 0 Å². The number of Topliss-reactive ketones (excluding diaryl/α,β-unsaturated/α-hetero) is 1. The number of halogens is 3. The van der Waals surface area contributed by atoms with Crippen molar-refractivity contribution in [2.24, 2.45) is 5.41 Å². The number of alkyl halides is 2. The molecule has 114 valence electrons. The van der Waals surface area contributed by atoms with Gasteiger partial charge in [-0.15, -0.1) is 0 Å². The Bertz CT molecular complexity index is 607. The third-order valence-corrected chi connectivity index (χ3v) is 3.71. The van der Waals surface area contributed by atoms with E-state index in [1.54, 1.807) is 20.8 Å². The molecule has 1 aromatic rings. The Labute approximate surface area is 126 Å². The zero-order chi connectivity index (χ0) is 16.0. The monoisotopic (exact) mass is 316 g/mol. The SMILES string of the molecule is CC(C)(C)OC(=O)C1(C(F)F)Cc2c(Cl)cccc2C1=O. The molecular formula is C15H15ClF2O3. The van der Waals surface area contributed by atoms with Crippen molar-refractivity contribution < 1.29 is 23.1 Å². The van der Waals surface area contributed by atoms with E-state index in [0.717, 1.165) is 0 Å². The fraction of sp³-hybridized carbons (Fsp3) is 0.467. The Morgan fingerprint density at radius 2 is 2.00 bits per heavy atom. The van der Waals surface area contributed by atoms with E-state index in [1.807, 2.05) is 0 Å². The zero-order valence-electron chi connectivity index (χ0n) is 11.9. The second-order valence-corrected chi connectivity index (χ2v) is 6.45. The minimum absolute atomic E-state index is 0.0636. The summed E-state index contributed by atoms with van der Waals surface area (Å²) in [4.78, 5) is 24.6. The lowest BCUT2D eigenvalue weighted by atomic mass is 9.84. The van der Waals surface area contributed by atoms with Crippen LogP contribution >= 0.6 is 11.6 Å². The number of carbonyl (C=O) groups excluding carboxylic acids is 2. The molecule has 1 aromatic carbocycles. The van der Waals surface area contributed by atoms with Gasteiger partial charge in [0.1, 0.15) is 5.60 Å². The summed E-state index contributed by atoms with van der Waals surface area (Å²) in [6.07, 6.45) is -3.60. The maximum Gasteiger partial charge on any atom is 0.326 e. The molecule has 0 radical (unpaired) electrons. The van der Waals surface area contributed by atoms with Crippen molar-refractivity contribution in [3.05, 3.63) is 34.3 Å². The molecule has 0 spiro atoms. The molecule has 6 heteroatoms. The van der Waals surface area contributed by atoms with Gasteiger partial charge in [0, 0.05) is 17.0 Å². The van der Waals surface area contributed by atoms with Gasteiger partial charge in [0.15, 0.2) is 11.2 Å². The van der Waals surface area contributed by atoms with Gasteiger partial charge in [-0.2, -0.15) is 0 Å². The molecule has 0 N–H and O–H groups in total. The number of carbonyl (C=O) groups is 2. The summed E-state index contributed by atoms with van der Waals surface area (Å²) >= 11 is 5.96. The van der Waals surface area contributed by atoms with Gasteiger partial charge in [-0.1, -0.05) is 23.7 Å². The van der Waals surface area contributed by atoms with Crippen LogP contribution in [0.3, 0.4) is 0 Å². The molecule has 0 saturated carbocycles. The summed E-state index contributed by atoms with van der Waals surface area (Å²) in [6.45, 7) is 4.68. The van der Waals surface area contributed by atoms with E-state index < -0.39 is 35.6 Å². The number of fused-ring (bicyclic) bond motifs is 1. The number of hydrogen-bond donors (Lipinski definition) is 0. The van der Waals surface area contributed by atoms with E-state index in [9.17, 15) is 18.4 Å². The summed E-state index contributed by atoms with van der Waals surface area (Å²) in [7, 11) is 0. The van der Waals surface area contributed by atoms with Crippen LogP contribution in [-0.2, 0) is 16.0 Å². The molecule has 2 rings (SSSR count). The fourth-order valence-corrected chi connectivity index (χ4v) is 2.59. The Balaban J connectivity index is 2.50. The number of ether oxygens (including phenoxy) is 1. The Morgan fingerprint density at radius 3 is 2.48 bits per heavy atom. The highest BCUT2D eigenvalue weighted by Crippen LogP contribution is 2.45. The topological polar surface area (TPSA) is 43.4 Å². The van der Waals surface area contributed by atoms with Crippen LogP contribution in [0.5, 0.6) is 0 Å². The first-order chi connectivity index (χ1) is 9.59. The van der Waals surface area contributed by atoms with Crippen LogP contribution in [-0.4, -0.2) is 23.8 Å². The molecule has 1 unspecified atom stereocenters. The number of rotatable bonds is 2. The molecule has 0 heterocycles. The van der Waals surface area contributed by atoms with Crippen LogP contribution in [0.25, 0.3) is 0 Å².